The number of rotatable bonds is 7. The summed E-state index contributed by atoms with van der Waals surface area (Å²) in [6, 6.07) is 0. The molecule has 0 heterocycles. The SMILES string of the molecule is C=CC(=O)OCCCCOP(=O)=O. The molecule has 0 spiro atoms. The van der Waals surface area contributed by atoms with Gasteiger partial charge in [-0.15, -0.1) is 0 Å². The Kier molecular flexibility index (Phi) is 7.15. The predicted molar refractivity (Wildman–Crippen MR) is 44.6 cm³/mol. The quantitative estimate of drug-likeness (QED) is 0.274. The van der Waals surface area contributed by atoms with Crippen LogP contribution >= 0.6 is 7.91 Å². The molecule has 0 atom stereocenters. The standard InChI is InChI=1S/C7H11O5P/c1-2-7(8)11-5-3-4-6-12-13(9)10/h2H,1,3-6H2. The Labute approximate surface area is 76.6 Å². The highest BCUT2D eigenvalue weighted by atomic mass is 31.1. The zero-order valence-electron chi connectivity index (χ0n) is 7.10. The van der Waals surface area contributed by atoms with Crippen molar-refractivity contribution in [1.29, 1.82) is 0 Å². The summed E-state index contributed by atoms with van der Waals surface area (Å²) in [7, 11) is -2.76. The minimum Gasteiger partial charge on any atom is -0.463 e. The van der Waals surface area contributed by atoms with E-state index in [1.807, 2.05) is 0 Å². The fraction of sp³-hybridized carbons (Fsp3) is 0.571. The van der Waals surface area contributed by atoms with Gasteiger partial charge in [0.1, 0.15) is 0 Å². The molecule has 0 fully saturated rings. The van der Waals surface area contributed by atoms with Crippen LogP contribution in [-0.4, -0.2) is 19.2 Å². The number of hydrogen-bond donors (Lipinski definition) is 0. The Morgan fingerprint density at radius 2 is 1.92 bits per heavy atom. The minimum atomic E-state index is -2.76. The van der Waals surface area contributed by atoms with Gasteiger partial charge < -0.3 is 4.74 Å². The van der Waals surface area contributed by atoms with E-state index in [0.717, 1.165) is 6.08 Å². The molecule has 0 aliphatic carbocycles. The first-order chi connectivity index (χ1) is 6.16. The first-order valence-corrected chi connectivity index (χ1v) is 4.83. The Morgan fingerprint density at radius 1 is 1.31 bits per heavy atom. The van der Waals surface area contributed by atoms with Crippen molar-refractivity contribution in [3.05, 3.63) is 12.7 Å². The van der Waals surface area contributed by atoms with E-state index in [1.54, 1.807) is 0 Å². The maximum absolute atomic E-state index is 10.5. The van der Waals surface area contributed by atoms with E-state index in [-0.39, 0.29) is 13.2 Å². The number of carbonyl (C=O) groups is 1. The van der Waals surface area contributed by atoms with Crippen LogP contribution in [0.5, 0.6) is 0 Å². The average molecular weight is 206 g/mol. The Hall–Kier alpha value is -0.930. The van der Waals surface area contributed by atoms with Crippen molar-refractivity contribution in [1.82, 2.24) is 0 Å². The van der Waals surface area contributed by atoms with Crippen molar-refractivity contribution in [3.63, 3.8) is 0 Å². The Bertz CT molecular complexity index is 225. The van der Waals surface area contributed by atoms with E-state index < -0.39 is 13.9 Å². The first kappa shape index (κ1) is 12.1. The van der Waals surface area contributed by atoms with E-state index in [4.69, 9.17) is 0 Å². The normalized spacial score (nSPS) is 9.23. The van der Waals surface area contributed by atoms with E-state index in [2.05, 4.69) is 15.8 Å². The molecule has 0 aliphatic heterocycles. The summed E-state index contributed by atoms with van der Waals surface area (Å²) in [6.45, 7) is 3.60. The number of ether oxygens (including phenoxy) is 1. The molecule has 0 aliphatic rings. The molecule has 74 valence electrons. The fourth-order valence-electron chi connectivity index (χ4n) is 0.575. The number of esters is 1. The lowest BCUT2D eigenvalue weighted by Gasteiger charge is -1.99. The van der Waals surface area contributed by atoms with Crippen LogP contribution in [0.4, 0.5) is 0 Å². The first-order valence-electron chi connectivity index (χ1n) is 3.73. The van der Waals surface area contributed by atoms with Gasteiger partial charge in [-0.2, -0.15) is 0 Å². The van der Waals surface area contributed by atoms with Gasteiger partial charge in [0.25, 0.3) is 0 Å². The highest BCUT2D eigenvalue weighted by Crippen LogP contribution is 2.05. The lowest BCUT2D eigenvalue weighted by Crippen LogP contribution is -2.02. The van der Waals surface area contributed by atoms with Crippen LogP contribution in [-0.2, 0) is 23.2 Å². The zero-order valence-corrected chi connectivity index (χ0v) is 8.00. The smallest absolute Gasteiger partial charge is 0.463 e. The topological polar surface area (TPSA) is 69.7 Å². The van der Waals surface area contributed by atoms with Gasteiger partial charge in [0, 0.05) is 6.08 Å². The van der Waals surface area contributed by atoms with Crippen LogP contribution in [0.25, 0.3) is 0 Å². The largest absolute Gasteiger partial charge is 0.468 e. The second-order valence-electron chi connectivity index (χ2n) is 2.14. The van der Waals surface area contributed by atoms with Crippen molar-refractivity contribution >= 4 is 13.9 Å². The maximum Gasteiger partial charge on any atom is 0.468 e. The third kappa shape index (κ3) is 8.98. The highest BCUT2D eigenvalue weighted by Gasteiger charge is 1.96. The van der Waals surface area contributed by atoms with Gasteiger partial charge >= 0.3 is 13.9 Å². The van der Waals surface area contributed by atoms with Crippen LogP contribution in [0, 0.1) is 0 Å². The summed E-state index contributed by atoms with van der Waals surface area (Å²) in [5.74, 6) is -0.476. The number of unbranched alkanes of at least 4 members (excludes halogenated alkanes) is 1. The molecular weight excluding hydrogens is 195 g/mol. The molecular formula is C7H11O5P. The van der Waals surface area contributed by atoms with Gasteiger partial charge in [0.05, 0.1) is 13.2 Å². The Balaban J connectivity index is 3.17. The monoisotopic (exact) mass is 206 g/mol. The van der Waals surface area contributed by atoms with Crippen molar-refractivity contribution < 1.29 is 23.2 Å². The average Bonchev–Trinajstić information content (AvgIpc) is 2.10. The van der Waals surface area contributed by atoms with Crippen LogP contribution in [0.2, 0.25) is 0 Å². The van der Waals surface area contributed by atoms with Crippen LogP contribution in [0.3, 0.4) is 0 Å². The molecule has 0 bridgehead atoms. The van der Waals surface area contributed by atoms with Crippen LogP contribution < -0.4 is 0 Å². The van der Waals surface area contributed by atoms with E-state index in [0.29, 0.717) is 12.8 Å². The van der Waals surface area contributed by atoms with Crippen molar-refractivity contribution in [2.45, 2.75) is 12.8 Å². The van der Waals surface area contributed by atoms with Gasteiger partial charge in [-0.25, -0.2) is 13.9 Å². The predicted octanol–water partition coefficient (Wildman–Crippen LogP) is 1.60. The third-order valence-electron chi connectivity index (χ3n) is 1.15. The molecule has 0 radical (unpaired) electrons. The highest BCUT2D eigenvalue weighted by molar-refractivity contribution is 7.24. The summed E-state index contributed by atoms with van der Waals surface area (Å²) in [6.07, 6.45) is 2.18. The summed E-state index contributed by atoms with van der Waals surface area (Å²) < 4.78 is 28.7. The molecule has 0 aromatic rings. The summed E-state index contributed by atoms with van der Waals surface area (Å²) >= 11 is 0. The van der Waals surface area contributed by atoms with Crippen molar-refractivity contribution in [3.8, 4) is 0 Å². The molecule has 0 unspecified atom stereocenters. The molecule has 0 rings (SSSR count). The molecule has 0 aromatic heterocycles. The second kappa shape index (κ2) is 7.71. The zero-order chi connectivity index (χ0) is 10.1. The van der Waals surface area contributed by atoms with E-state index in [1.165, 1.54) is 0 Å². The number of hydrogen-bond acceptors (Lipinski definition) is 5. The van der Waals surface area contributed by atoms with Crippen LogP contribution in [0.1, 0.15) is 12.8 Å². The van der Waals surface area contributed by atoms with E-state index in [9.17, 15) is 13.9 Å². The summed E-state index contributed by atoms with van der Waals surface area (Å²) in [4.78, 5) is 10.5. The summed E-state index contributed by atoms with van der Waals surface area (Å²) in [5, 5.41) is 0. The lowest BCUT2D eigenvalue weighted by atomic mass is 10.3. The molecule has 6 heteroatoms. The van der Waals surface area contributed by atoms with E-state index >= 15 is 0 Å². The minimum absolute atomic E-state index is 0.129. The van der Waals surface area contributed by atoms with Gasteiger partial charge in [0.2, 0.25) is 0 Å². The maximum atomic E-state index is 10.5. The Morgan fingerprint density at radius 3 is 2.46 bits per heavy atom. The van der Waals surface area contributed by atoms with Crippen molar-refractivity contribution in [2.24, 2.45) is 0 Å². The third-order valence-corrected chi connectivity index (χ3v) is 1.54. The molecule has 0 saturated heterocycles. The molecule has 13 heavy (non-hydrogen) atoms. The lowest BCUT2D eigenvalue weighted by molar-refractivity contribution is -0.137. The fourth-order valence-corrected chi connectivity index (χ4v) is 0.853. The molecule has 0 N–H and O–H groups in total. The molecule has 0 aromatic carbocycles. The van der Waals surface area contributed by atoms with Gasteiger partial charge in [-0.1, -0.05) is 6.58 Å². The van der Waals surface area contributed by atoms with Gasteiger partial charge in [-0.3, -0.25) is 4.52 Å². The number of carbonyl (C=O) groups excluding carboxylic acids is 1. The summed E-state index contributed by atoms with van der Waals surface area (Å²) in [5.41, 5.74) is 0. The van der Waals surface area contributed by atoms with Gasteiger partial charge in [-0.05, 0) is 12.8 Å². The van der Waals surface area contributed by atoms with Crippen molar-refractivity contribution in [2.75, 3.05) is 13.2 Å². The second-order valence-corrected chi connectivity index (χ2v) is 2.84. The molecule has 0 saturated carbocycles. The van der Waals surface area contributed by atoms with Crippen LogP contribution in [0.15, 0.2) is 12.7 Å². The molecule has 0 amide bonds. The van der Waals surface area contributed by atoms with Gasteiger partial charge in [0.15, 0.2) is 0 Å². The molecule has 5 nitrogen and oxygen atoms in total.